The molecule has 0 aromatic heterocycles. The van der Waals surface area contributed by atoms with Crippen molar-refractivity contribution in [2.45, 2.75) is 44.9 Å². The van der Waals surface area contributed by atoms with E-state index in [9.17, 15) is 22.7 Å². The molecule has 18 heavy (non-hydrogen) atoms. The van der Waals surface area contributed by atoms with Crippen LogP contribution in [0.1, 0.15) is 44.2 Å². The second kappa shape index (κ2) is 5.26. The summed E-state index contributed by atoms with van der Waals surface area (Å²) in [5, 5.41) is 10.3. The summed E-state index contributed by atoms with van der Waals surface area (Å²) in [6, 6.07) is 2.67. The minimum atomic E-state index is -4.75. The second-order valence-electron chi connectivity index (χ2n) is 4.33. The molecular weight excluding hydrogens is 248 g/mol. The third kappa shape index (κ3) is 3.02. The molecule has 0 bridgehead atoms. The lowest BCUT2D eigenvalue weighted by atomic mass is 9.86. The lowest BCUT2D eigenvalue weighted by molar-refractivity contribution is -0.140. The van der Waals surface area contributed by atoms with Gasteiger partial charge in [-0.15, -0.1) is 0 Å². The van der Waals surface area contributed by atoms with Gasteiger partial charge in [0.1, 0.15) is 5.82 Å². The fraction of sp³-hybridized carbons (Fsp3) is 0.538. The summed E-state index contributed by atoms with van der Waals surface area (Å²) in [5.41, 5.74) is -2.55. The van der Waals surface area contributed by atoms with Gasteiger partial charge in [0.25, 0.3) is 0 Å². The van der Waals surface area contributed by atoms with Crippen LogP contribution in [0, 0.1) is 5.82 Å². The van der Waals surface area contributed by atoms with Crippen molar-refractivity contribution in [2.24, 2.45) is 0 Å². The van der Waals surface area contributed by atoms with Crippen LogP contribution in [0.5, 0.6) is 0 Å². The third-order valence-corrected chi connectivity index (χ3v) is 3.06. The van der Waals surface area contributed by atoms with Crippen molar-refractivity contribution in [3.8, 4) is 0 Å². The van der Waals surface area contributed by atoms with E-state index in [0.29, 0.717) is 18.9 Å². The molecule has 0 saturated carbocycles. The normalized spacial score (nSPS) is 15.5. The smallest absolute Gasteiger partial charge is 0.385 e. The average Bonchev–Trinajstić information content (AvgIpc) is 2.28. The Morgan fingerprint density at radius 3 is 2.22 bits per heavy atom. The Labute approximate surface area is 103 Å². The van der Waals surface area contributed by atoms with Gasteiger partial charge in [-0.3, -0.25) is 0 Å². The number of hydrogen-bond acceptors (Lipinski definition) is 1. The molecule has 0 amide bonds. The molecular formula is C13H16F4O. The van der Waals surface area contributed by atoms with E-state index in [1.165, 1.54) is 6.07 Å². The molecule has 1 rings (SSSR count). The van der Waals surface area contributed by atoms with Crippen LogP contribution in [0.3, 0.4) is 0 Å². The zero-order chi connectivity index (χ0) is 14.0. The van der Waals surface area contributed by atoms with Gasteiger partial charge in [0, 0.05) is 0 Å². The highest BCUT2D eigenvalue weighted by molar-refractivity contribution is 5.31. The Kier molecular flexibility index (Phi) is 4.37. The van der Waals surface area contributed by atoms with Crippen LogP contribution in [0.25, 0.3) is 0 Å². The van der Waals surface area contributed by atoms with Gasteiger partial charge < -0.3 is 5.11 Å². The number of alkyl halides is 3. The van der Waals surface area contributed by atoms with Gasteiger partial charge in [0.05, 0.1) is 11.2 Å². The fourth-order valence-electron chi connectivity index (χ4n) is 1.97. The van der Waals surface area contributed by atoms with E-state index in [4.69, 9.17) is 0 Å². The molecule has 0 aliphatic heterocycles. The molecule has 0 fully saturated rings. The Balaban J connectivity index is 3.27. The summed E-state index contributed by atoms with van der Waals surface area (Å²) in [6.45, 7) is 3.51. The summed E-state index contributed by atoms with van der Waals surface area (Å²) in [5.74, 6) is -1.32. The molecule has 0 radical (unpaired) electrons. The van der Waals surface area contributed by atoms with Crippen LogP contribution in [0.2, 0.25) is 0 Å². The molecule has 0 heterocycles. The molecule has 5 heteroatoms. The van der Waals surface area contributed by atoms with Crippen molar-refractivity contribution < 1.29 is 22.7 Å². The molecule has 1 N–H and O–H groups in total. The van der Waals surface area contributed by atoms with Gasteiger partial charge in [-0.25, -0.2) is 4.39 Å². The predicted molar refractivity (Wildman–Crippen MR) is 60.5 cm³/mol. The number of aliphatic hydroxyl groups is 1. The van der Waals surface area contributed by atoms with Gasteiger partial charge in [-0.1, -0.05) is 26.3 Å². The van der Waals surface area contributed by atoms with Crippen molar-refractivity contribution in [1.82, 2.24) is 0 Å². The largest absolute Gasteiger partial charge is 0.419 e. The Morgan fingerprint density at radius 2 is 1.78 bits per heavy atom. The lowest BCUT2D eigenvalue weighted by Gasteiger charge is -2.27. The molecule has 102 valence electrons. The maximum absolute atomic E-state index is 13.1. The third-order valence-electron chi connectivity index (χ3n) is 3.06. The molecule has 0 aliphatic carbocycles. The Morgan fingerprint density at radius 1 is 1.17 bits per heavy atom. The van der Waals surface area contributed by atoms with E-state index >= 15 is 0 Å². The topological polar surface area (TPSA) is 20.2 Å². The van der Waals surface area contributed by atoms with Crippen LogP contribution < -0.4 is 0 Å². The van der Waals surface area contributed by atoms with Crippen LogP contribution in [-0.4, -0.2) is 5.11 Å². The van der Waals surface area contributed by atoms with Crippen LogP contribution >= 0.6 is 0 Å². The van der Waals surface area contributed by atoms with Crippen molar-refractivity contribution in [1.29, 1.82) is 0 Å². The first-order chi connectivity index (χ1) is 8.24. The second-order valence-corrected chi connectivity index (χ2v) is 4.33. The SMILES string of the molecule is CCCC(O)(CC)c1ccc(F)c(C(F)(F)F)c1. The highest BCUT2D eigenvalue weighted by Gasteiger charge is 2.36. The predicted octanol–water partition coefficient (Wildman–Crippen LogP) is 4.24. The summed E-state index contributed by atoms with van der Waals surface area (Å²) in [6.07, 6.45) is -3.50. The van der Waals surface area contributed by atoms with Crippen molar-refractivity contribution in [3.05, 3.63) is 35.1 Å². The Bertz CT molecular complexity index is 414. The maximum Gasteiger partial charge on any atom is 0.419 e. The zero-order valence-electron chi connectivity index (χ0n) is 10.3. The Hall–Kier alpha value is -1.10. The van der Waals surface area contributed by atoms with Crippen LogP contribution in [0.15, 0.2) is 18.2 Å². The van der Waals surface area contributed by atoms with Gasteiger partial charge in [-0.05, 0) is 30.5 Å². The highest BCUT2D eigenvalue weighted by Crippen LogP contribution is 2.36. The standard InChI is InChI=1S/C13H16F4O/c1-3-7-12(18,4-2)9-5-6-11(14)10(8-9)13(15,16)17/h5-6,8,18H,3-4,7H2,1-2H3. The summed E-state index contributed by atoms with van der Waals surface area (Å²) >= 11 is 0. The molecule has 1 aromatic carbocycles. The molecule has 0 spiro atoms. The minimum absolute atomic E-state index is 0.112. The van der Waals surface area contributed by atoms with E-state index in [1.807, 2.05) is 6.92 Å². The van der Waals surface area contributed by atoms with E-state index in [0.717, 1.165) is 6.07 Å². The lowest BCUT2D eigenvalue weighted by Crippen LogP contribution is -2.25. The van der Waals surface area contributed by atoms with Gasteiger partial charge >= 0.3 is 6.18 Å². The van der Waals surface area contributed by atoms with Gasteiger partial charge in [-0.2, -0.15) is 13.2 Å². The highest BCUT2D eigenvalue weighted by atomic mass is 19.4. The van der Waals surface area contributed by atoms with Gasteiger partial charge in [0.2, 0.25) is 0 Å². The van der Waals surface area contributed by atoms with Crippen molar-refractivity contribution in [2.75, 3.05) is 0 Å². The number of benzene rings is 1. The van der Waals surface area contributed by atoms with E-state index in [-0.39, 0.29) is 12.0 Å². The van der Waals surface area contributed by atoms with Crippen LogP contribution in [0.4, 0.5) is 17.6 Å². The maximum atomic E-state index is 13.1. The molecule has 0 saturated heterocycles. The summed E-state index contributed by atoms with van der Waals surface area (Å²) in [7, 11) is 0. The van der Waals surface area contributed by atoms with Crippen molar-refractivity contribution >= 4 is 0 Å². The minimum Gasteiger partial charge on any atom is -0.385 e. The first kappa shape index (κ1) is 15.0. The summed E-state index contributed by atoms with van der Waals surface area (Å²) in [4.78, 5) is 0. The first-order valence-electron chi connectivity index (χ1n) is 5.84. The average molecular weight is 264 g/mol. The number of rotatable bonds is 4. The molecule has 0 aliphatic rings. The van der Waals surface area contributed by atoms with E-state index < -0.39 is 23.2 Å². The fourth-order valence-corrected chi connectivity index (χ4v) is 1.97. The van der Waals surface area contributed by atoms with Gasteiger partial charge in [0.15, 0.2) is 0 Å². The van der Waals surface area contributed by atoms with E-state index in [2.05, 4.69) is 0 Å². The van der Waals surface area contributed by atoms with Crippen LogP contribution in [-0.2, 0) is 11.8 Å². The molecule has 1 unspecified atom stereocenters. The molecule has 1 nitrogen and oxygen atoms in total. The molecule has 1 aromatic rings. The number of halogens is 4. The first-order valence-corrected chi connectivity index (χ1v) is 5.84. The van der Waals surface area contributed by atoms with E-state index in [1.54, 1.807) is 6.92 Å². The summed E-state index contributed by atoms with van der Waals surface area (Å²) < 4.78 is 50.9. The van der Waals surface area contributed by atoms with Crippen molar-refractivity contribution in [3.63, 3.8) is 0 Å². The number of hydrogen-bond donors (Lipinski definition) is 1. The molecule has 1 atom stereocenters. The zero-order valence-corrected chi connectivity index (χ0v) is 10.3. The monoisotopic (exact) mass is 264 g/mol. The quantitative estimate of drug-likeness (QED) is 0.806.